The minimum atomic E-state index is -0.210. The van der Waals surface area contributed by atoms with Crippen LogP contribution < -0.4 is 5.73 Å². The largest absolute Gasteiger partial charge is 0.341 e. The lowest BCUT2D eigenvalue weighted by atomic mass is 9.91. The maximum absolute atomic E-state index is 13.0. The molecule has 3 unspecified atom stereocenters. The molecule has 116 valence electrons. The Morgan fingerprint density at radius 1 is 1.33 bits per heavy atom. The van der Waals surface area contributed by atoms with Crippen LogP contribution in [0.1, 0.15) is 31.4 Å². The molecule has 4 heteroatoms. The Balaban J connectivity index is 2.15. The molecular weight excluding hydrogens is 262 g/mol. The molecule has 1 fully saturated rings. The Morgan fingerprint density at radius 2 is 2.00 bits per heavy atom. The quantitative estimate of drug-likeness (QED) is 0.920. The SMILES string of the molecule is CC(N)C1CCCN(C(=O)C(c2ccccc2)N(C)C)C1. The van der Waals surface area contributed by atoms with Crippen LogP contribution in [-0.4, -0.2) is 48.9 Å². The third-order valence-electron chi connectivity index (χ3n) is 4.38. The molecule has 1 amide bonds. The van der Waals surface area contributed by atoms with Gasteiger partial charge in [-0.1, -0.05) is 30.3 Å². The van der Waals surface area contributed by atoms with Crippen LogP contribution >= 0.6 is 0 Å². The van der Waals surface area contributed by atoms with E-state index >= 15 is 0 Å². The molecule has 2 N–H and O–H groups in total. The molecule has 0 aromatic heterocycles. The van der Waals surface area contributed by atoms with E-state index in [0.29, 0.717) is 5.92 Å². The number of hydrogen-bond acceptors (Lipinski definition) is 3. The predicted molar refractivity (Wildman–Crippen MR) is 85.8 cm³/mol. The summed E-state index contributed by atoms with van der Waals surface area (Å²) in [6.07, 6.45) is 2.17. The number of carbonyl (C=O) groups is 1. The van der Waals surface area contributed by atoms with Crippen molar-refractivity contribution in [1.29, 1.82) is 0 Å². The third-order valence-corrected chi connectivity index (χ3v) is 4.38. The van der Waals surface area contributed by atoms with Gasteiger partial charge in [-0.25, -0.2) is 0 Å². The Hall–Kier alpha value is -1.39. The first-order chi connectivity index (χ1) is 10.0. The molecule has 1 aliphatic heterocycles. The molecule has 1 aliphatic rings. The lowest BCUT2D eigenvalue weighted by molar-refractivity contribution is -0.138. The summed E-state index contributed by atoms with van der Waals surface area (Å²) >= 11 is 0. The van der Waals surface area contributed by atoms with Crippen molar-refractivity contribution in [2.75, 3.05) is 27.2 Å². The highest BCUT2D eigenvalue weighted by Crippen LogP contribution is 2.25. The summed E-state index contributed by atoms with van der Waals surface area (Å²) < 4.78 is 0. The van der Waals surface area contributed by atoms with Crippen LogP contribution in [0, 0.1) is 5.92 Å². The van der Waals surface area contributed by atoms with Gasteiger partial charge >= 0.3 is 0 Å². The fourth-order valence-electron chi connectivity index (χ4n) is 3.11. The minimum Gasteiger partial charge on any atom is -0.341 e. The molecule has 1 heterocycles. The molecule has 0 spiro atoms. The van der Waals surface area contributed by atoms with Crippen molar-refractivity contribution in [2.45, 2.75) is 31.8 Å². The first kappa shape index (κ1) is 16.0. The predicted octanol–water partition coefficient (Wildman–Crippen LogP) is 1.88. The Bertz CT molecular complexity index is 458. The van der Waals surface area contributed by atoms with E-state index in [2.05, 4.69) is 0 Å². The first-order valence-electron chi connectivity index (χ1n) is 7.76. The molecule has 3 atom stereocenters. The Kier molecular flexibility index (Phi) is 5.37. The summed E-state index contributed by atoms with van der Waals surface area (Å²) in [5.74, 6) is 0.609. The lowest BCUT2D eigenvalue weighted by Gasteiger charge is -2.38. The number of likely N-dealkylation sites (N-methyl/N-ethyl adjacent to an activating group) is 1. The maximum atomic E-state index is 13.0. The van der Waals surface area contributed by atoms with Crippen molar-refractivity contribution in [3.05, 3.63) is 35.9 Å². The molecule has 0 aliphatic carbocycles. The lowest BCUT2D eigenvalue weighted by Crippen LogP contribution is -2.48. The van der Waals surface area contributed by atoms with E-state index in [-0.39, 0.29) is 18.0 Å². The van der Waals surface area contributed by atoms with Crippen molar-refractivity contribution >= 4 is 5.91 Å². The van der Waals surface area contributed by atoms with Gasteiger partial charge in [-0.15, -0.1) is 0 Å². The summed E-state index contributed by atoms with van der Waals surface area (Å²) in [6, 6.07) is 9.94. The van der Waals surface area contributed by atoms with Gasteiger partial charge in [-0.2, -0.15) is 0 Å². The molecule has 4 nitrogen and oxygen atoms in total. The molecule has 2 rings (SSSR count). The minimum absolute atomic E-state index is 0.148. The molecule has 0 bridgehead atoms. The average Bonchev–Trinajstić information content (AvgIpc) is 2.48. The van der Waals surface area contributed by atoms with E-state index in [1.54, 1.807) is 0 Å². The second-order valence-electron chi connectivity index (χ2n) is 6.32. The highest BCUT2D eigenvalue weighted by atomic mass is 16.2. The summed E-state index contributed by atoms with van der Waals surface area (Å²) in [6.45, 7) is 3.67. The van der Waals surface area contributed by atoms with Crippen LogP contribution in [0.4, 0.5) is 0 Å². The zero-order valence-electron chi connectivity index (χ0n) is 13.3. The fraction of sp³-hybridized carbons (Fsp3) is 0.588. The number of hydrogen-bond donors (Lipinski definition) is 1. The van der Waals surface area contributed by atoms with Crippen LogP contribution in [-0.2, 0) is 4.79 Å². The standard InChI is InChI=1S/C17H27N3O/c1-13(18)15-10-7-11-20(12-15)17(21)16(19(2)3)14-8-5-4-6-9-14/h4-6,8-9,13,15-16H,7,10-12,18H2,1-3H3. The number of piperidine rings is 1. The van der Waals surface area contributed by atoms with Gasteiger partial charge in [0.05, 0.1) is 0 Å². The van der Waals surface area contributed by atoms with Crippen molar-refractivity contribution < 1.29 is 4.79 Å². The summed E-state index contributed by atoms with van der Waals surface area (Å²) in [7, 11) is 3.92. The number of likely N-dealkylation sites (tertiary alicyclic amines) is 1. The zero-order valence-corrected chi connectivity index (χ0v) is 13.3. The Morgan fingerprint density at radius 3 is 2.57 bits per heavy atom. The van der Waals surface area contributed by atoms with Gasteiger partial charge < -0.3 is 10.6 Å². The van der Waals surface area contributed by atoms with Gasteiger partial charge in [0, 0.05) is 19.1 Å². The molecule has 0 radical (unpaired) electrons. The van der Waals surface area contributed by atoms with Gasteiger partial charge in [-0.05, 0) is 45.3 Å². The van der Waals surface area contributed by atoms with E-state index < -0.39 is 0 Å². The first-order valence-corrected chi connectivity index (χ1v) is 7.76. The molecule has 1 saturated heterocycles. The van der Waals surface area contributed by atoms with Gasteiger partial charge in [0.15, 0.2) is 0 Å². The number of rotatable bonds is 4. The van der Waals surface area contributed by atoms with E-state index in [4.69, 9.17) is 5.73 Å². The smallest absolute Gasteiger partial charge is 0.244 e. The maximum Gasteiger partial charge on any atom is 0.244 e. The van der Waals surface area contributed by atoms with E-state index in [1.165, 1.54) is 0 Å². The summed E-state index contributed by atoms with van der Waals surface area (Å²) in [5.41, 5.74) is 7.08. The molecule has 1 aromatic rings. The molecular formula is C17H27N3O. The third kappa shape index (κ3) is 3.83. The monoisotopic (exact) mass is 289 g/mol. The summed E-state index contributed by atoms with van der Waals surface area (Å²) in [4.78, 5) is 16.9. The Labute approximate surface area is 127 Å². The number of nitrogens with two attached hydrogens (primary N) is 1. The second-order valence-corrected chi connectivity index (χ2v) is 6.32. The van der Waals surface area contributed by atoms with Crippen LogP contribution in [0.15, 0.2) is 30.3 Å². The van der Waals surface area contributed by atoms with Crippen molar-refractivity contribution in [3.8, 4) is 0 Å². The average molecular weight is 289 g/mol. The highest BCUT2D eigenvalue weighted by molar-refractivity contribution is 5.83. The van der Waals surface area contributed by atoms with E-state index in [1.807, 2.05) is 61.2 Å². The molecule has 1 aromatic carbocycles. The number of benzene rings is 1. The summed E-state index contributed by atoms with van der Waals surface area (Å²) in [5, 5.41) is 0. The van der Waals surface area contributed by atoms with Crippen molar-refractivity contribution in [2.24, 2.45) is 11.7 Å². The highest BCUT2D eigenvalue weighted by Gasteiger charge is 2.31. The van der Waals surface area contributed by atoms with Crippen LogP contribution in [0.2, 0.25) is 0 Å². The van der Waals surface area contributed by atoms with Crippen LogP contribution in [0.5, 0.6) is 0 Å². The molecule has 21 heavy (non-hydrogen) atoms. The van der Waals surface area contributed by atoms with Gasteiger partial charge in [0.25, 0.3) is 0 Å². The van der Waals surface area contributed by atoms with Crippen molar-refractivity contribution in [1.82, 2.24) is 9.80 Å². The zero-order chi connectivity index (χ0) is 15.4. The van der Waals surface area contributed by atoms with Gasteiger partial charge in [0.2, 0.25) is 5.91 Å². The topological polar surface area (TPSA) is 49.6 Å². The number of amides is 1. The van der Waals surface area contributed by atoms with E-state index in [0.717, 1.165) is 31.5 Å². The number of nitrogens with zero attached hydrogens (tertiary/aromatic N) is 2. The van der Waals surface area contributed by atoms with Gasteiger partial charge in [-0.3, -0.25) is 9.69 Å². The van der Waals surface area contributed by atoms with Crippen molar-refractivity contribution in [3.63, 3.8) is 0 Å². The van der Waals surface area contributed by atoms with Crippen LogP contribution in [0.3, 0.4) is 0 Å². The van der Waals surface area contributed by atoms with E-state index in [9.17, 15) is 4.79 Å². The fourth-order valence-corrected chi connectivity index (χ4v) is 3.11. The normalized spacial score (nSPS) is 22.1. The van der Waals surface area contributed by atoms with Crippen LogP contribution in [0.25, 0.3) is 0 Å². The second kappa shape index (κ2) is 7.05. The number of carbonyl (C=O) groups excluding carboxylic acids is 1. The van der Waals surface area contributed by atoms with Gasteiger partial charge in [0.1, 0.15) is 6.04 Å². The molecule has 0 saturated carbocycles.